The van der Waals surface area contributed by atoms with Gasteiger partial charge in [0.15, 0.2) is 0 Å². The maximum atomic E-state index is 10.7. The van der Waals surface area contributed by atoms with Gasteiger partial charge in [-0.1, -0.05) is 0 Å². The molecule has 1 rings (SSSR count). The van der Waals surface area contributed by atoms with Crippen molar-refractivity contribution in [3.05, 3.63) is 22.7 Å². The number of H-pyrrole nitrogens is 1. The molecule has 1 aromatic heterocycles. The van der Waals surface area contributed by atoms with E-state index in [-0.39, 0.29) is 5.69 Å². The third-order valence-corrected chi connectivity index (χ3v) is 1.11. The van der Waals surface area contributed by atoms with E-state index < -0.39 is 0 Å². The van der Waals surface area contributed by atoms with Gasteiger partial charge in [-0.05, 0) is 19.9 Å². The predicted molar refractivity (Wildman–Crippen MR) is 43.6 cm³/mol. The fourth-order valence-corrected chi connectivity index (χ4v) is 0.747. The summed E-state index contributed by atoms with van der Waals surface area (Å²) in [5, 5.41) is 3.01. The van der Waals surface area contributed by atoms with Crippen molar-refractivity contribution in [3.63, 3.8) is 0 Å². The lowest BCUT2D eigenvalue weighted by Crippen LogP contribution is -2.16. The summed E-state index contributed by atoms with van der Waals surface area (Å²) >= 11 is 0. The summed E-state index contributed by atoms with van der Waals surface area (Å²) in [6.07, 6.45) is 1.57. The lowest BCUT2D eigenvalue weighted by atomic mass is 10.4. The van der Waals surface area contributed by atoms with Crippen molar-refractivity contribution in [2.75, 3.05) is 5.32 Å². The highest BCUT2D eigenvalue weighted by atomic mass is 16.1. The first-order valence-corrected chi connectivity index (χ1v) is 3.51. The third kappa shape index (κ3) is 2.41. The fourth-order valence-electron chi connectivity index (χ4n) is 0.747. The Morgan fingerprint density at radius 3 is 2.91 bits per heavy atom. The van der Waals surface area contributed by atoms with E-state index in [1.54, 1.807) is 12.3 Å². The lowest BCUT2D eigenvalue weighted by molar-refractivity contribution is 0.881. The van der Waals surface area contributed by atoms with Gasteiger partial charge < -0.3 is 10.3 Å². The van der Waals surface area contributed by atoms with E-state index in [0.29, 0.717) is 11.9 Å². The average molecular weight is 153 g/mol. The highest BCUT2D eigenvalue weighted by Gasteiger charge is 1.95. The Morgan fingerprint density at radius 1 is 1.64 bits per heavy atom. The Kier molecular flexibility index (Phi) is 2.25. The van der Waals surface area contributed by atoms with E-state index in [1.165, 1.54) is 0 Å². The molecule has 0 aromatic carbocycles. The van der Waals surface area contributed by atoms with Gasteiger partial charge in [0.05, 0.1) is 0 Å². The number of hydrogen-bond acceptors (Lipinski definition) is 3. The van der Waals surface area contributed by atoms with Gasteiger partial charge in [0.25, 0.3) is 0 Å². The van der Waals surface area contributed by atoms with Gasteiger partial charge in [0.1, 0.15) is 5.82 Å². The number of rotatable bonds is 2. The summed E-state index contributed by atoms with van der Waals surface area (Å²) in [6.45, 7) is 3.98. The summed E-state index contributed by atoms with van der Waals surface area (Å²) < 4.78 is 0. The first-order valence-electron chi connectivity index (χ1n) is 3.51. The zero-order chi connectivity index (χ0) is 8.27. The van der Waals surface area contributed by atoms with Crippen molar-refractivity contribution < 1.29 is 0 Å². The molecule has 0 amide bonds. The highest BCUT2D eigenvalue weighted by molar-refractivity contribution is 5.32. The zero-order valence-electron chi connectivity index (χ0n) is 6.59. The molecule has 0 fully saturated rings. The van der Waals surface area contributed by atoms with Gasteiger partial charge in [-0.2, -0.15) is 4.98 Å². The molecular weight excluding hydrogens is 142 g/mol. The van der Waals surface area contributed by atoms with Gasteiger partial charge in [-0.15, -0.1) is 0 Å². The first-order chi connectivity index (χ1) is 5.18. The second kappa shape index (κ2) is 3.18. The van der Waals surface area contributed by atoms with E-state index in [1.807, 2.05) is 13.8 Å². The quantitative estimate of drug-likeness (QED) is 0.653. The van der Waals surface area contributed by atoms with Crippen LogP contribution < -0.4 is 11.0 Å². The van der Waals surface area contributed by atoms with E-state index in [2.05, 4.69) is 15.3 Å². The molecule has 1 heterocycles. The van der Waals surface area contributed by atoms with Crippen LogP contribution in [0.3, 0.4) is 0 Å². The van der Waals surface area contributed by atoms with Crippen LogP contribution in [0, 0.1) is 0 Å². The van der Waals surface area contributed by atoms with Crippen LogP contribution in [-0.2, 0) is 0 Å². The summed E-state index contributed by atoms with van der Waals surface area (Å²) in [4.78, 5) is 16.8. The van der Waals surface area contributed by atoms with E-state index in [9.17, 15) is 4.79 Å². The van der Waals surface area contributed by atoms with Crippen LogP contribution in [0.5, 0.6) is 0 Å². The van der Waals surface area contributed by atoms with E-state index >= 15 is 0 Å². The third-order valence-electron chi connectivity index (χ3n) is 1.11. The number of nitrogens with zero attached hydrogens (tertiary/aromatic N) is 1. The maximum Gasteiger partial charge on any atom is 0.346 e. The summed E-state index contributed by atoms with van der Waals surface area (Å²) in [5.41, 5.74) is -0.323. The second-order valence-electron chi connectivity index (χ2n) is 2.58. The maximum absolute atomic E-state index is 10.7. The Bertz CT molecular complexity index is 279. The van der Waals surface area contributed by atoms with Crippen molar-refractivity contribution in [2.24, 2.45) is 0 Å². The highest BCUT2D eigenvalue weighted by Crippen LogP contribution is 1.97. The molecule has 4 heteroatoms. The zero-order valence-corrected chi connectivity index (χ0v) is 6.59. The molecule has 60 valence electrons. The minimum Gasteiger partial charge on any atom is -0.368 e. The van der Waals surface area contributed by atoms with Gasteiger partial charge in [-0.25, -0.2) is 4.79 Å². The number of hydrogen-bond donors (Lipinski definition) is 2. The van der Waals surface area contributed by atoms with Gasteiger partial charge in [-0.3, -0.25) is 0 Å². The largest absolute Gasteiger partial charge is 0.368 e. The molecule has 0 bridgehead atoms. The molecular formula is C7H11N3O. The monoisotopic (exact) mass is 153 g/mol. The number of aromatic nitrogens is 2. The van der Waals surface area contributed by atoms with Crippen LogP contribution in [0.2, 0.25) is 0 Å². The Morgan fingerprint density at radius 2 is 2.36 bits per heavy atom. The molecule has 11 heavy (non-hydrogen) atoms. The van der Waals surface area contributed by atoms with Crippen molar-refractivity contribution in [3.8, 4) is 0 Å². The van der Waals surface area contributed by atoms with Crippen LogP contribution in [0.15, 0.2) is 17.1 Å². The van der Waals surface area contributed by atoms with Crippen LogP contribution >= 0.6 is 0 Å². The summed E-state index contributed by atoms with van der Waals surface area (Å²) in [7, 11) is 0. The molecule has 0 unspecified atom stereocenters. The first kappa shape index (κ1) is 7.78. The van der Waals surface area contributed by atoms with Crippen LogP contribution in [0.4, 0.5) is 5.82 Å². The van der Waals surface area contributed by atoms with Crippen molar-refractivity contribution in [2.45, 2.75) is 19.9 Å². The molecule has 1 aromatic rings. The Hall–Kier alpha value is -1.32. The van der Waals surface area contributed by atoms with Gasteiger partial charge in [0, 0.05) is 12.2 Å². The van der Waals surface area contributed by atoms with Gasteiger partial charge >= 0.3 is 5.69 Å². The van der Waals surface area contributed by atoms with Gasteiger partial charge in [0.2, 0.25) is 0 Å². The molecule has 2 N–H and O–H groups in total. The predicted octanol–water partition coefficient (Wildman–Crippen LogP) is 0.590. The van der Waals surface area contributed by atoms with Crippen molar-refractivity contribution >= 4 is 5.82 Å². The van der Waals surface area contributed by atoms with Crippen LogP contribution in [-0.4, -0.2) is 16.0 Å². The topological polar surface area (TPSA) is 57.8 Å². The molecule has 0 radical (unpaired) electrons. The van der Waals surface area contributed by atoms with Crippen molar-refractivity contribution in [1.82, 2.24) is 9.97 Å². The molecule has 4 nitrogen and oxygen atoms in total. The minimum atomic E-state index is -0.323. The molecule has 0 saturated heterocycles. The second-order valence-corrected chi connectivity index (χ2v) is 2.58. The average Bonchev–Trinajstić information content (AvgIpc) is 1.85. The van der Waals surface area contributed by atoms with E-state index in [0.717, 1.165) is 0 Å². The molecule has 0 spiro atoms. The van der Waals surface area contributed by atoms with Crippen LogP contribution in [0.1, 0.15) is 13.8 Å². The summed E-state index contributed by atoms with van der Waals surface area (Å²) in [5.74, 6) is 0.615. The van der Waals surface area contributed by atoms with E-state index in [4.69, 9.17) is 0 Å². The SMILES string of the molecule is CC(C)Nc1cc[nH]c(=O)n1. The molecule has 0 aliphatic rings. The normalized spacial score (nSPS) is 10.1. The number of aromatic amines is 1. The Labute approximate surface area is 64.7 Å². The number of nitrogens with one attached hydrogen (secondary N) is 2. The fraction of sp³-hybridized carbons (Fsp3) is 0.429. The summed E-state index contributed by atoms with van der Waals surface area (Å²) in [6, 6.07) is 2.02. The molecule has 0 saturated carbocycles. The standard InChI is InChI=1S/C7H11N3O/c1-5(2)9-6-3-4-8-7(11)10-6/h3-5H,1-2H3,(H2,8,9,10,11). The smallest absolute Gasteiger partial charge is 0.346 e. The lowest BCUT2D eigenvalue weighted by Gasteiger charge is -2.06. The Balaban J connectivity index is 2.80. The molecule has 0 aliphatic carbocycles. The minimum absolute atomic E-state index is 0.296. The molecule has 0 aliphatic heterocycles. The van der Waals surface area contributed by atoms with Crippen molar-refractivity contribution in [1.29, 1.82) is 0 Å². The van der Waals surface area contributed by atoms with Crippen LogP contribution in [0.25, 0.3) is 0 Å². The number of anilines is 1. The molecule has 0 atom stereocenters.